The van der Waals surface area contributed by atoms with E-state index in [0.29, 0.717) is 0 Å². The predicted molar refractivity (Wildman–Crippen MR) is 46.3 cm³/mol. The first kappa shape index (κ1) is 9.04. The van der Waals surface area contributed by atoms with E-state index in [4.69, 9.17) is 0 Å². The second-order valence-corrected chi connectivity index (χ2v) is 7.74. The molecule has 0 atom stereocenters. The number of rotatable bonds is 0. The molecule has 1 saturated heterocycles. The zero-order chi connectivity index (χ0) is 8.91. The Morgan fingerprint density at radius 1 is 0.909 bits per heavy atom. The summed E-state index contributed by atoms with van der Waals surface area (Å²) in [6.45, 7) is 7.27. The second-order valence-electron chi connectivity index (χ2n) is 4.52. The van der Waals surface area contributed by atoms with Gasteiger partial charge in [-0.25, -0.2) is 8.42 Å². The van der Waals surface area contributed by atoms with E-state index in [0.717, 1.165) is 12.8 Å². The van der Waals surface area contributed by atoms with E-state index in [1.807, 2.05) is 27.7 Å². The summed E-state index contributed by atoms with van der Waals surface area (Å²) in [5.41, 5.74) is 0. The maximum Gasteiger partial charge on any atom is 0.160 e. The van der Waals surface area contributed by atoms with Gasteiger partial charge in [0.1, 0.15) is 0 Å². The number of hydrogen-bond donors (Lipinski definition) is 0. The molecule has 0 aliphatic carbocycles. The topological polar surface area (TPSA) is 34.1 Å². The first-order valence-electron chi connectivity index (χ1n) is 3.95. The van der Waals surface area contributed by atoms with Gasteiger partial charge in [-0.3, -0.25) is 0 Å². The van der Waals surface area contributed by atoms with Gasteiger partial charge in [-0.2, -0.15) is 0 Å². The fourth-order valence-corrected chi connectivity index (χ4v) is 3.86. The molecule has 0 aromatic rings. The Morgan fingerprint density at radius 2 is 1.18 bits per heavy atom. The van der Waals surface area contributed by atoms with Crippen LogP contribution in [0, 0.1) is 0 Å². The molecule has 0 unspecified atom stereocenters. The van der Waals surface area contributed by atoms with Crippen LogP contribution in [-0.4, -0.2) is 17.9 Å². The summed E-state index contributed by atoms with van der Waals surface area (Å²) in [7, 11) is -2.90. The van der Waals surface area contributed by atoms with Crippen molar-refractivity contribution in [3.63, 3.8) is 0 Å². The monoisotopic (exact) mass is 176 g/mol. The van der Waals surface area contributed by atoms with Gasteiger partial charge in [0.25, 0.3) is 0 Å². The van der Waals surface area contributed by atoms with Crippen molar-refractivity contribution in [2.24, 2.45) is 0 Å². The van der Waals surface area contributed by atoms with E-state index < -0.39 is 19.3 Å². The fraction of sp³-hybridized carbons (Fsp3) is 1.00. The molecule has 1 rings (SSSR count). The molecular weight excluding hydrogens is 160 g/mol. The van der Waals surface area contributed by atoms with Crippen LogP contribution in [0.4, 0.5) is 0 Å². The van der Waals surface area contributed by atoms with Crippen molar-refractivity contribution >= 4 is 9.84 Å². The largest absolute Gasteiger partial charge is 0.228 e. The van der Waals surface area contributed by atoms with Gasteiger partial charge in [0.05, 0.1) is 9.49 Å². The van der Waals surface area contributed by atoms with Crippen LogP contribution in [0.25, 0.3) is 0 Å². The summed E-state index contributed by atoms with van der Waals surface area (Å²) in [4.78, 5) is 0. The molecule has 3 heteroatoms. The van der Waals surface area contributed by atoms with Gasteiger partial charge in [-0.1, -0.05) is 0 Å². The second kappa shape index (κ2) is 2.00. The van der Waals surface area contributed by atoms with Crippen LogP contribution in [-0.2, 0) is 9.84 Å². The molecule has 0 bridgehead atoms. The molecule has 0 aromatic heterocycles. The minimum atomic E-state index is -2.90. The average molecular weight is 176 g/mol. The maximum absolute atomic E-state index is 11.7. The van der Waals surface area contributed by atoms with Crippen LogP contribution >= 0.6 is 0 Å². The average Bonchev–Trinajstić information content (AvgIpc) is 1.93. The van der Waals surface area contributed by atoms with Gasteiger partial charge in [0, 0.05) is 0 Å². The molecule has 1 aliphatic rings. The summed E-state index contributed by atoms with van der Waals surface area (Å²) in [5, 5.41) is 0. The van der Waals surface area contributed by atoms with E-state index in [-0.39, 0.29) is 0 Å². The molecule has 66 valence electrons. The zero-order valence-electron chi connectivity index (χ0n) is 7.64. The van der Waals surface area contributed by atoms with Gasteiger partial charge >= 0.3 is 0 Å². The van der Waals surface area contributed by atoms with Crippen molar-refractivity contribution in [2.45, 2.75) is 50.0 Å². The first-order valence-corrected chi connectivity index (χ1v) is 5.43. The molecule has 0 amide bonds. The highest BCUT2D eigenvalue weighted by atomic mass is 32.2. The predicted octanol–water partition coefficient (Wildman–Crippen LogP) is 1.75. The summed E-state index contributed by atoms with van der Waals surface area (Å²) in [6.07, 6.45) is 1.59. The highest BCUT2D eigenvalue weighted by Crippen LogP contribution is 2.43. The quantitative estimate of drug-likeness (QED) is 0.563. The lowest BCUT2D eigenvalue weighted by atomic mass is 10.0. The smallest absolute Gasteiger partial charge is 0.160 e. The van der Waals surface area contributed by atoms with Crippen molar-refractivity contribution in [3.8, 4) is 0 Å². The molecule has 0 saturated carbocycles. The SMILES string of the molecule is CC1(C)CCC(C)(C)S1(=O)=O. The summed E-state index contributed by atoms with van der Waals surface area (Å²) in [5.74, 6) is 0. The van der Waals surface area contributed by atoms with Crippen LogP contribution in [0.1, 0.15) is 40.5 Å². The summed E-state index contributed by atoms with van der Waals surface area (Å²) in [6, 6.07) is 0. The molecule has 0 N–H and O–H groups in total. The van der Waals surface area contributed by atoms with Gasteiger partial charge in [0.2, 0.25) is 0 Å². The molecule has 11 heavy (non-hydrogen) atoms. The lowest BCUT2D eigenvalue weighted by Crippen LogP contribution is -2.36. The molecule has 2 nitrogen and oxygen atoms in total. The van der Waals surface area contributed by atoms with Gasteiger partial charge < -0.3 is 0 Å². The third-order valence-corrected chi connectivity index (χ3v) is 6.10. The Kier molecular flexibility index (Phi) is 1.65. The molecule has 1 heterocycles. The van der Waals surface area contributed by atoms with E-state index in [2.05, 4.69) is 0 Å². The molecule has 0 aromatic carbocycles. The molecular formula is C8H16O2S. The Bertz CT molecular complexity index is 238. The normalized spacial score (nSPS) is 32.0. The fourth-order valence-electron chi connectivity index (χ4n) is 1.62. The van der Waals surface area contributed by atoms with E-state index in [1.54, 1.807) is 0 Å². The van der Waals surface area contributed by atoms with Crippen LogP contribution in [0.3, 0.4) is 0 Å². The minimum absolute atomic E-state index is 0.503. The Morgan fingerprint density at radius 3 is 1.27 bits per heavy atom. The first-order chi connectivity index (χ1) is 4.71. The Balaban J connectivity index is 3.22. The van der Waals surface area contributed by atoms with Crippen molar-refractivity contribution in [1.29, 1.82) is 0 Å². The zero-order valence-corrected chi connectivity index (χ0v) is 8.46. The van der Waals surface area contributed by atoms with Gasteiger partial charge in [-0.05, 0) is 40.5 Å². The van der Waals surface area contributed by atoms with Crippen molar-refractivity contribution in [1.82, 2.24) is 0 Å². The highest BCUT2D eigenvalue weighted by Gasteiger charge is 2.51. The van der Waals surface area contributed by atoms with Crippen LogP contribution in [0.15, 0.2) is 0 Å². The van der Waals surface area contributed by atoms with Crippen LogP contribution in [0.5, 0.6) is 0 Å². The summed E-state index contributed by atoms with van der Waals surface area (Å²) >= 11 is 0. The maximum atomic E-state index is 11.7. The van der Waals surface area contributed by atoms with E-state index in [9.17, 15) is 8.42 Å². The number of hydrogen-bond acceptors (Lipinski definition) is 2. The van der Waals surface area contributed by atoms with Crippen LogP contribution in [0.2, 0.25) is 0 Å². The van der Waals surface area contributed by atoms with Gasteiger partial charge in [0.15, 0.2) is 9.84 Å². The minimum Gasteiger partial charge on any atom is -0.228 e. The highest BCUT2D eigenvalue weighted by molar-refractivity contribution is 7.94. The Labute approximate surface area is 68.9 Å². The number of sulfone groups is 1. The molecule has 0 radical (unpaired) electrons. The van der Waals surface area contributed by atoms with Crippen molar-refractivity contribution in [2.75, 3.05) is 0 Å². The third-order valence-electron chi connectivity index (χ3n) is 2.78. The third kappa shape index (κ3) is 1.01. The molecule has 0 spiro atoms. The lowest BCUT2D eigenvalue weighted by Gasteiger charge is -2.22. The standard InChI is InChI=1S/C8H16O2S/c1-7(2)5-6-8(3,4)11(7,9)10/h5-6H2,1-4H3. The van der Waals surface area contributed by atoms with Crippen molar-refractivity contribution in [3.05, 3.63) is 0 Å². The van der Waals surface area contributed by atoms with E-state index in [1.165, 1.54) is 0 Å². The lowest BCUT2D eigenvalue weighted by molar-refractivity contribution is 0.550. The summed E-state index contributed by atoms with van der Waals surface area (Å²) < 4.78 is 22.5. The molecule has 1 fully saturated rings. The van der Waals surface area contributed by atoms with E-state index >= 15 is 0 Å². The van der Waals surface area contributed by atoms with Crippen LogP contribution < -0.4 is 0 Å². The van der Waals surface area contributed by atoms with Crippen molar-refractivity contribution < 1.29 is 8.42 Å². The molecule has 1 aliphatic heterocycles. The van der Waals surface area contributed by atoms with Gasteiger partial charge in [-0.15, -0.1) is 0 Å². The Hall–Kier alpha value is -0.0500.